The molecule has 1 rings (SSSR count). The third-order valence-corrected chi connectivity index (χ3v) is 2.78. The van der Waals surface area contributed by atoms with Crippen LogP contribution in [-0.4, -0.2) is 23.3 Å². The highest BCUT2D eigenvalue weighted by molar-refractivity contribution is 5.61. The van der Waals surface area contributed by atoms with Gasteiger partial charge in [0.1, 0.15) is 0 Å². The van der Waals surface area contributed by atoms with Gasteiger partial charge >= 0.3 is 0 Å². The van der Waals surface area contributed by atoms with Crippen LogP contribution in [0.25, 0.3) is 12.2 Å². The van der Waals surface area contributed by atoms with Crippen molar-refractivity contribution in [3.05, 3.63) is 36.0 Å². The zero-order valence-electron chi connectivity index (χ0n) is 11.1. The van der Waals surface area contributed by atoms with Gasteiger partial charge < -0.3 is 9.84 Å². The topological polar surface area (TPSA) is 42.4 Å². The summed E-state index contributed by atoms with van der Waals surface area (Å²) in [5.74, 6) is 0.747. The lowest BCUT2D eigenvalue weighted by molar-refractivity contribution is 0.156. The Morgan fingerprint density at radius 2 is 2.28 bits per heavy atom. The van der Waals surface area contributed by atoms with Gasteiger partial charge in [-0.2, -0.15) is 0 Å². The Morgan fingerprint density at radius 3 is 2.83 bits per heavy atom. The number of ether oxygens (including phenoxy) is 1. The Labute approximate surface area is 109 Å². The van der Waals surface area contributed by atoms with Crippen molar-refractivity contribution in [2.75, 3.05) is 13.2 Å². The minimum Gasteiger partial charge on any atom is -0.477 e. The standard InChI is InChI=1S/C15H21NO2/c1-4-7-14-13(6-3)8-9-15(16-14)18-11-12(5-2)10-17/h4,6-9,12,17H,3,5,10-11H2,1-2H3/b7-4-. The van der Waals surface area contributed by atoms with Crippen LogP contribution >= 0.6 is 0 Å². The molecule has 0 aliphatic carbocycles. The first-order chi connectivity index (χ1) is 8.74. The van der Waals surface area contributed by atoms with Crippen molar-refractivity contribution >= 4 is 12.2 Å². The number of hydrogen-bond acceptors (Lipinski definition) is 3. The molecule has 0 saturated heterocycles. The Balaban J connectivity index is 2.78. The number of rotatable bonds is 7. The molecule has 1 N–H and O–H groups in total. The van der Waals surface area contributed by atoms with Crippen molar-refractivity contribution < 1.29 is 9.84 Å². The zero-order chi connectivity index (χ0) is 13.4. The number of nitrogens with zero attached hydrogens (tertiary/aromatic N) is 1. The largest absolute Gasteiger partial charge is 0.477 e. The molecular formula is C15H21NO2. The summed E-state index contributed by atoms with van der Waals surface area (Å²) in [6.45, 7) is 8.36. The summed E-state index contributed by atoms with van der Waals surface area (Å²) in [4.78, 5) is 4.41. The average Bonchev–Trinajstić information content (AvgIpc) is 2.40. The Bertz CT molecular complexity index is 409. The van der Waals surface area contributed by atoms with Crippen LogP contribution in [0, 0.1) is 5.92 Å². The molecule has 0 bridgehead atoms. The fourth-order valence-electron chi connectivity index (χ4n) is 1.51. The highest BCUT2D eigenvalue weighted by Crippen LogP contribution is 2.16. The molecule has 0 aliphatic rings. The molecule has 3 heteroatoms. The first-order valence-electron chi connectivity index (χ1n) is 6.25. The first kappa shape index (κ1) is 14.5. The first-order valence-corrected chi connectivity index (χ1v) is 6.25. The van der Waals surface area contributed by atoms with E-state index in [0.29, 0.717) is 12.5 Å². The average molecular weight is 247 g/mol. The highest BCUT2D eigenvalue weighted by atomic mass is 16.5. The monoisotopic (exact) mass is 247 g/mol. The molecule has 98 valence electrons. The zero-order valence-corrected chi connectivity index (χ0v) is 11.1. The SMILES string of the molecule is C=Cc1ccc(OCC(CC)CO)nc1/C=C\C. The second-order valence-corrected chi connectivity index (χ2v) is 4.10. The molecule has 0 amide bonds. The summed E-state index contributed by atoms with van der Waals surface area (Å²) >= 11 is 0. The molecule has 3 nitrogen and oxygen atoms in total. The molecule has 0 fully saturated rings. The molecule has 0 radical (unpaired) electrons. The van der Waals surface area contributed by atoms with Crippen LogP contribution in [-0.2, 0) is 0 Å². The predicted octanol–water partition coefficient (Wildman–Crippen LogP) is 3.16. The van der Waals surface area contributed by atoms with Gasteiger partial charge in [0.15, 0.2) is 0 Å². The molecule has 0 aliphatic heterocycles. The summed E-state index contributed by atoms with van der Waals surface area (Å²) in [5.41, 5.74) is 1.83. The minimum atomic E-state index is 0.142. The number of hydrogen-bond donors (Lipinski definition) is 1. The van der Waals surface area contributed by atoms with E-state index in [2.05, 4.69) is 11.6 Å². The molecule has 1 aromatic rings. The summed E-state index contributed by atoms with van der Waals surface area (Å²) in [6.07, 6.45) is 6.52. The van der Waals surface area contributed by atoms with E-state index in [1.807, 2.05) is 38.1 Å². The van der Waals surface area contributed by atoms with Gasteiger partial charge in [-0.3, -0.25) is 0 Å². The van der Waals surface area contributed by atoms with Crippen molar-refractivity contribution in [3.63, 3.8) is 0 Å². The highest BCUT2D eigenvalue weighted by Gasteiger charge is 2.07. The van der Waals surface area contributed by atoms with Crippen LogP contribution in [0.4, 0.5) is 0 Å². The third-order valence-electron chi connectivity index (χ3n) is 2.78. The van der Waals surface area contributed by atoms with E-state index < -0.39 is 0 Å². The number of aliphatic hydroxyl groups excluding tert-OH is 1. The Morgan fingerprint density at radius 1 is 1.50 bits per heavy atom. The van der Waals surface area contributed by atoms with Crippen LogP contribution in [0.3, 0.4) is 0 Å². The fraction of sp³-hybridized carbons (Fsp3) is 0.400. The van der Waals surface area contributed by atoms with Crippen LogP contribution in [0.15, 0.2) is 24.8 Å². The van der Waals surface area contributed by atoms with Gasteiger partial charge in [0.25, 0.3) is 0 Å². The molecule has 1 heterocycles. The maximum absolute atomic E-state index is 9.10. The summed E-state index contributed by atoms with van der Waals surface area (Å²) < 4.78 is 5.60. The molecular weight excluding hydrogens is 226 g/mol. The third kappa shape index (κ3) is 4.00. The van der Waals surface area contributed by atoms with Crippen molar-refractivity contribution in [1.29, 1.82) is 0 Å². The number of allylic oxidation sites excluding steroid dienone is 1. The van der Waals surface area contributed by atoms with Crippen molar-refractivity contribution in [3.8, 4) is 5.88 Å². The van der Waals surface area contributed by atoms with Gasteiger partial charge in [0, 0.05) is 18.6 Å². The number of aliphatic hydroxyl groups is 1. The smallest absolute Gasteiger partial charge is 0.213 e. The number of aromatic nitrogens is 1. The predicted molar refractivity (Wildman–Crippen MR) is 75.4 cm³/mol. The lowest BCUT2D eigenvalue weighted by Crippen LogP contribution is -2.15. The molecule has 18 heavy (non-hydrogen) atoms. The minimum absolute atomic E-state index is 0.142. The fourth-order valence-corrected chi connectivity index (χ4v) is 1.51. The van der Waals surface area contributed by atoms with E-state index in [0.717, 1.165) is 17.7 Å². The van der Waals surface area contributed by atoms with Crippen LogP contribution in [0.2, 0.25) is 0 Å². The van der Waals surface area contributed by atoms with Crippen molar-refractivity contribution in [2.24, 2.45) is 5.92 Å². The second kappa shape index (κ2) is 7.67. The van der Waals surface area contributed by atoms with Crippen molar-refractivity contribution in [2.45, 2.75) is 20.3 Å². The second-order valence-electron chi connectivity index (χ2n) is 4.10. The van der Waals surface area contributed by atoms with Crippen LogP contribution < -0.4 is 4.74 Å². The molecule has 0 aromatic carbocycles. The summed E-state index contributed by atoms with van der Waals surface area (Å²) in [7, 11) is 0. The molecule has 1 aromatic heterocycles. The van der Waals surface area contributed by atoms with Gasteiger partial charge in [0.2, 0.25) is 5.88 Å². The van der Waals surface area contributed by atoms with E-state index >= 15 is 0 Å². The van der Waals surface area contributed by atoms with Gasteiger partial charge in [-0.25, -0.2) is 4.98 Å². The molecule has 1 unspecified atom stereocenters. The van der Waals surface area contributed by atoms with Crippen LogP contribution in [0.5, 0.6) is 5.88 Å². The quantitative estimate of drug-likeness (QED) is 0.804. The molecule has 0 spiro atoms. The molecule has 1 atom stereocenters. The summed E-state index contributed by atoms with van der Waals surface area (Å²) in [5, 5.41) is 9.10. The Hall–Kier alpha value is -1.61. The normalized spacial score (nSPS) is 12.6. The van der Waals surface area contributed by atoms with Gasteiger partial charge in [0.05, 0.1) is 12.3 Å². The maximum Gasteiger partial charge on any atom is 0.213 e. The van der Waals surface area contributed by atoms with Gasteiger partial charge in [-0.1, -0.05) is 25.7 Å². The number of pyridine rings is 1. The van der Waals surface area contributed by atoms with Crippen LogP contribution in [0.1, 0.15) is 31.5 Å². The van der Waals surface area contributed by atoms with E-state index in [1.54, 1.807) is 6.08 Å². The van der Waals surface area contributed by atoms with Crippen molar-refractivity contribution in [1.82, 2.24) is 4.98 Å². The lowest BCUT2D eigenvalue weighted by atomic mass is 10.1. The van der Waals surface area contributed by atoms with E-state index in [9.17, 15) is 0 Å². The van der Waals surface area contributed by atoms with E-state index in [-0.39, 0.29) is 12.5 Å². The lowest BCUT2D eigenvalue weighted by Gasteiger charge is -2.13. The van der Waals surface area contributed by atoms with E-state index in [1.165, 1.54) is 0 Å². The van der Waals surface area contributed by atoms with E-state index in [4.69, 9.17) is 9.84 Å². The Kier molecular flexibility index (Phi) is 6.15. The summed E-state index contributed by atoms with van der Waals surface area (Å²) in [6, 6.07) is 3.76. The maximum atomic E-state index is 9.10. The van der Waals surface area contributed by atoms with Gasteiger partial charge in [-0.15, -0.1) is 0 Å². The molecule has 0 saturated carbocycles. The van der Waals surface area contributed by atoms with Gasteiger partial charge in [-0.05, 0) is 31.1 Å².